The van der Waals surface area contributed by atoms with E-state index in [1.807, 2.05) is 0 Å². The lowest BCUT2D eigenvalue weighted by atomic mass is 10.6. The molecule has 0 atom stereocenters. The molecular weight excluding hydrogens is 188 g/mol. The summed E-state index contributed by atoms with van der Waals surface area (Å²) in [7, 11) is 1.72. The molecule has 0 saturated carbocycles. The van der Waals surface area contributed by atoms with Gasteiger partial charge in [-0.1, -0.05) is 13.3 Å². The zero-order chi connectivity index (χ0) is 9.45. The lowest BCUT2D eigenvalue weighted by Gasteiger charge is -2.26. The van der Waals surface area contributed by atoms with Gasteiger partial charge in [0.05, 0.1) is 0 Å². The summed E-state index contributed by atoms with van der Waals surface area (Å²) in [5.41, 5.74) is 0. The minimum Gasteiger partial charge on any atom is -0.398 e. The van der Waals surface area contributed by atoms with E-state index in [9.17, 15) is 0 Å². The summed E-state index contributed by atoms with van der Waals surface area (Å²) in [4.78, 5) is 0. The highest BCUT2D eigenvalue weighted by atomic mass is 32.1. The Morgan fingerprint density at radius 2 is 1.75 bits per heavy atom. The minimum atomic E-state index is -1.81. The van der Waals surface area contributed by atoms with E-state index in [-0.39, 0.29) is 0 Å². The Balaban J connectivity index is 3.95. The zero-order valence-corrected chi connectivity index (χ0v) is 10.2. The van der Waals surface area contributed by atoms with Crippen LogP contribution in [0.3, 0.4) is 0 Å². The molecule has 0 aromatic rings. The largest absolute Gasteiger partial charge is 0.398 e. The summed E-state index contributed by atoms with van der Waals surface area (Å²) in [5.74, 6) is 0.922. The molecule has 0 rings (SSSR count). The van der Waals surface area contributed by atoms with E-state index in [4.69, 9.17) is 8.85 Å². The van der Waals surface area contributed by atoms with Gasteiger partial charge in [0.25, 0.3) is 0 Å². The van der Waals surface area contributed by atoms with E-state index in [0.717, 1.165) is 30.7 Å². The first kappa shape index (κ1) is 12.5. The van der Waals surface area contributed by atoms with Crippen molar-refractivity contribution in [2.45, 2.75) is 31.9 Å². The maximum absolute atomic E-state index is 5.51. The van der Waals surface area contributed by atoms with Gasteiger partial charge in [0.15, 0.2) is 0 Å². The van der Waals surface area contributed by atoms with Crippen molar-refractivity contribution < 1.29 is 8.85 Å². The number of hydrogen-bond acceptors (Lipinski definition) is 3. The molecule has 0 aliphatic carbocycles. The molecule has 0 aromatic carbocycles. The molecule has 0 amide bonds. The Hall–Kier alpha value is 0.487. The number of rotatable bonds is 7. The Morgan fingerprint density at radius 1 is 1.17 bits per heavy atom. The average molecular weight is 208 g/mol. The summed E-state index contributed by atoms with van der Waals surface area (Å²) < 4.78 is 11.0. The number of hydrogen-bond donors (Lipinski definition) is 1. The van der Waals surface area contributed by atoms with Gasteiger partial charge in [-0.3, -0.25) is 0 Å². The highest BCUT2D eigenvalue weighted by Gasteiger charge is 2.33. The molecule has 12 heavy (non-hydrogen) atoms. The summed E-state index contributed by atoms with van der Waals surface area (Å²) in [6, 6.07) is 2.16. The molecule has 0 N–H and O–H groups in total. The van der Waals surface area contributed by atoms with Crippen LogP contribution in [0, 0.1) is 0 Å². The van der Waals surface area contributed by atoms with Crippen LogP contribution in [-0.4, -0.2) is 28.5 Å². The summed E-state index contributed by atoms with van der Waals surface area (Å²) >= 11 is 4.19. The Bertz CT molecular complexity index is 107. The zero-order valence-electron chi connectivity index (χ0n) is 8.30. The fourth-order valence-electron chi connectivity index (χ4n) is 1.35. The lowest BCUT2D eigenvalue weighted by Crippen LogP contribution is -2.39. The predicted octanol–water partition coefficient (Wildman–Crippen LogP) is 2.45. The van der Waals surface area contributed by atoms with Crippen LogP contribution < -0.4 is 0 Å². The van der Waals surface area contributed by atoms with Gasteiger partial charge in [-0.25, -0.2) is 0 Å². The molecule has 0 aromatic heterocycles. The molecular formula is C8H20O2SSi. The molecule has 0 radical (unpaired) electrons. The molecule has 2 nitrogen and oxygen atoms in total. The summed E-state index contributed by atoms with van der Waals surface area (Å²) in [6.07, 6.45) is 2.23. The van der Waals surface area contributed by atoms with Crippen LogP contribution in [0.2, 0.25) is 12.1 Å². The molecule has 0 bridgehead atoms. The first-order valence-corrected chi connectivity index (χ1v) is 7.32. The van der Waals surface area contributed by atoms with Gasteiger partial charge in [0.2, 0.25) is 0 Å². The van der Waals surface area contributed by atoms with Crippen LogP contribution in [0.15, 0.2) is 0 Å². The fourth-order valence-corrected chi connectivity index (χ4v) is 4.51. The molecule has 74 valence electrons. The van der Waals surface area contributed by atoms with Crippen LogP contribution >= 0.6 is 12.6 Å². The first-order chi connectivity index (χ1) is 5.74. The third kappa shape index (κ3) is 3.94. The highest BCUT2D eigenvalue weighted by molar-refractivity contribution is 7.80. The molecule has 0 spiro atoms. The second-order valence-electron chi connectivity index (χ2n) is 2.90. The van der Waals surface area contributed by atoms with Crippen LogP contribution in [0.5, 0.6) is 0 Å². The van der Waals surface area contributed by atoms with Crippen molar-refractivity contribution >= 4 is 21.2 Å². The molecule has 0 unspecified atom stereocenters. The van der Waals surface area contributed by atoms with E-state index in [1.54, 1.807) is 14.2 Å². The summed E-state index contributed by atoms with van der Waals surface area (Å²) in [6.45, 7) is 2.17. The summed E-state index contributed by atoms with van der Waals surface area (Å²) in [5, 5.41) is 0. The predicted molar refractivity (Wildman–Crippen MR) is 58.1 cm³/mol. The monoisotopic (exact) mass is 208 g/mol. The average Bonchev–Trinajstić information content (AvgIpc) is 2.13. The molecule has 0 aliphatic rings. The molecule has 0 saturated heterocycles. The first-order valence-electron chi connectivity index (χ1n) is 4.46. The van der Waals surface area contributed by atoms with Crippen molar-refractivity contribution in [1.82, 2.24) is 0 Å². The lowest BCUT2D eigenvalue weighted by molar-refractivity contribution is 0.240. The van der Waals surface area contributed by atoms with E-state index >= 15 is 0 Å². The van der Waals surface area contributed by atoms with Crippen molar-refractivity contribution in [1.29, 1.82) is 0 Å². The second-order valence-corrected chi connectivity index (χ2v) is 6.98. The molecule has 4 heteroatoms. The van der Waals surface area contributed by atoms with E-state index in [2.05, 4.69) is 19.6 Å². The minimum absolute atomic E-state index is 0.922. The molecule has 0 heterocycles. The van der Waals surface area contributed by atoms with Gasteiger partial charge in [-0.2, -0.15) is 12.6 Å². The maximum atomic E-state index is 5.51. The van der Waals surface area contributed by atoms with Crippen LogP contribution in [0.4, 0.5) is 0 Å². The normalized spacial score (nSPS) is 12.0. The number of thiol groups is 1. The smallest absolute Gasteiger partial charge is 0.337 e. The molecule has 0 fully saturated rings. The van der Waals surface area contributed by atoms with E-state index in [1.165, 1.54) is 0 Å². The van der Waals surface area contributed by atoms with Crippen molar-refractivity contribution in [3.05, 3.63) is 0 Å². The van der Waals surface area contributed by atoms with Gasteiger partial charge in [0.1, 0.15) is 0 Å². The third-order valence-electron chi connectivity index (χ3n) is 2.09. The molecule has 0 aliphatic heterocycles. The highest BCUT2D eigenvalue weighted by Crippen LogP contribution is 2.21. The van der Waals surface area contributed by atoms with Crippen molar-refractivity contribution in [2.24, 2.45) is 0 Å². The SMILES string of the molecule is CCC[Si](CCCS)(OC)OC. The maximum Gasteiger partial charge on any atom is 0.337 e. The Labute approximate surface area is 82.3 Å². The van der Waals surface area contributed by atoms with Gasteiger partial charge >= 0.3 is 8.56 Å². The Kier molecular flexibility index (Phi) is 7.23. The van der Waals surface area contributed by atoms with Crippen molar-refractivity contribution in [2.75, 3.05) is 20.0 Å². The second kappa shape index (κ2) is 6.94. The van der Waals surface area contributed by atoms with E-state index < -0.39 is 8.56 Å². The van der Waals surface area contributed by atoms with Gasteiger partial charge in [0, 0.05) is 14.2 Å². The standard InChI is InChI=1S/C8H20O2SSi/c1-4-7-12(9-2,10-3)8-5-6-11/h11H,4-8H2,1-3H3. The third-order valence-corrected chi connectivity index (χ3v) is 6.27. The van der Waals surface area contributed by atoms with Crippen LogP contribution in [0.25, 0.3) is 0 Å². The van der Waals surface area contributed by atoms with Gasteiger partial charge in [-0.05, 0) is 24.3 Å². The van der Waals surface area contributed by atoms with Crippen LogP contribution in [-0.2, 0) is 8.85 Å². The van der Waals surface area contributed by atoms with E-state index in [0.29, 0.717) is 0 Å². The quantitative estimate of drug-likeness (QED) is 0.512. The van der Waals surface area contributed by atoms with Crippen molar-refractivity contribution in [3.63, 3.8) is 0 Å². The van der Waals surface area contributed by atoms with Crippen LogP contribution in [0.1, 0.15) is 19.8 Å². The van der Waals surface area contributed by atoms with Gasteiger partial charge < -0.3 is 8.85 Å². The van der Waals surface area contributed by atoms with Crippen molar-refractivity contribution in [3.8, 4) is 0 Å². The Morgan fingerprint density at radius 3 is 2.08 bits per heavy atom. The topological polar surface area (TPSA) is 18.5 Å². The fraction of sp³-hybridized carbons (Fsp3) is 1.00. The van der Waals surface area contributed by atoms with Gasteiger partial charge in [-0.15, -0.1) is 0 Å².